The first-order valence-electron chi connectivity index (χ1n) is 10.0. The van der Waals surface area contributed by atoms with Gasteiger partial charge < -0.3 is 20.3 Å². The Bertz CT molecular complexity index is 1220. The summed E-state index contributed by atoms with van der Waals surface area (Å²) in [5, 5.41) is 5.13. The van der Waals surface area contributed by atoms with Crippen LogP contribution in [0.3, 0.4) is 0 Å². The molecular formula is C22H21N5O5. The molecule has 3 aromatic rings. The molecule has 0 unspecified atom stereocenters. The molecule has 1 fully saturated rings. The van der Waals surface area contributed by atoms with Gasteiger partial charge in [-0.2, -0.15) is 0 Å². The van der Waals surface area contributed by atoms with E-state index in [9.17, 15) is 19.2 Å². The molecule has 1 aromatic carbocycles. The lowest BCUT2D eigenvalue weighted by Gasteiger charge is -2.26. The van der Waals surface area contributed by atoms with Crippen molar-refractivity contribution in [3.05, 3.63) is 76.3 Å². The highest BCUT2D eigenvalue weighted by molar-refractivity contribution is 6.04. The second kappa shape index (κ2) is 9.40. The molecule has 10 heteroatoms. The second-order valence-corrected chi connectivity index (χ2v) is 7.09. The van der Waals surface area contributed by atoms with E-state index >= 15 is 0 Å². The molecule has 10 nitrogen and oxygen atoms in total. The Kier molecular flexibility index (Phi) is 6.22. The molecule has 0 atom stereocenters. The van der Waals surface area contributed by atoms with E-state index in [-0.39, 0.29) is 29.3 Å². The number of carbonyl (C=O) groups excluding carboxylic acids is 3. The summed E-state index contributed by atoms with van der Waals surface area (Å²) in [4.78, 5) is 56.0. The fraction of sp³-hybridized carbons (Fsp3) is 0.227. The number of anilines is 1. The third-order valence-corrected chi connectivity index (χ3v) is 5.03. The molecule has 2 aromatic heterocycles. The molecule has 164 valence electrons. The summed E-state index contributed by atoms with van der Waals surface area (Å²) in [7, 11) is 0. The Balaban J connectivity index is 1.51. The van der Waals surface area contributed by atoms with E-state index in [4.69, 9.17) is 4.74 Å². The van der Waals surface area contributed by atoms with Gasteiger partial charge in [0.05, 0.1) is 31.5 Å². The molecule has 1 aliphatic rings. The lowest BCUT2D eigenvalue weighted by atomic mass is 10.2. The molecule has 0 saturated carbocycles. The van der Waals surface area contributed by atoms with Crippen molar-refractivity contribution in [1.82, 2.24) is 19.6 Å². The summed E-state index contributed by atoms with van der Waals surface area (Å²) >= 11 is 0. The normalized spacial score (nSPS) is 13.6. The van der Waals surface area contributed by atoms with Crippen LogP contribution in [0.1, 0.15) is 20.7 Å². The molecular weight excluding hydrogens is 414 g/mol. The number of carbonyl (C=O) groups is 3. The maximum atomic E-state index is 12.8. The largest absolute Gasteiger partial charge is 0.378 e. The van der Waals surface area contributed by atoms with Crippen molar-refractivity contribution >= 4 is 29.1 Å². The number of pyridine rings is 1. The molecule has 0 radical (unpaired) electrons. The van der Waals surface area contributed by atoms with Crippen LogP contribution in [-0.2, 0) is 9.53 Å². The molecule has 0 spiro atoms. The average molecular weight is 435 g/mol. The van der Waals surface area contributed by atoms with Crippen LogP contribution in [0.2, 0.25) is 0 Å². The van der Waals surface area contributed by atoms with Crippen molar-refractivity contribution in [2.45, 2.75) is 0 Å². The fourth-order valence-corrected chi connectivity index (χ4v) is 3.33. The zero-order chi connectivity index (χ0) is 22.5. The molecule has 0 aliphatic carbocycles. The number of aromatic nitrogens is 2. The van der Waals surface area contributed by atoms with Gasteiger partial charge in [-0.25, -0.2) is 4.98 Å². The summed E-state index contributed by atoms with van der Waals surface area (Å²) in [5.74, 6) is -1.18. The number of morpholine rings is 1. The molecule has 0 bridgehead atoms. The van der Waals surface area contributed by atoms with Gasteiger partial charge in [0.25, 0.3) is 17.4 Å². The van der Waals surface area contributed by atoms with E-state index in [0.717, 1.165) is 0 Å². The zero-order valence-electron chi connectivity index (χ0n) is 17.1. The highest BCUT2D eigenvalue weighted by atomic mass is 16.5. The number of hydrogen-bond donors (Lipinski definition) is 2. The van der Waals surface area contributed by atoms with Crippen molar-refractivity contribution in [1.29, 1.82) is 0 Å². The minimum absolute atomic E-state index is 0.0172. The van der Waals surface area contributed by atoms with Gasteiger partial charge in [0, 0.05) is 24.8 Å². The van der Waals surface area contributed by atoms with Gasteiger partial charge in [0.1, 0.15) is 5.69 Å². The minimum Gasteiger partial charge on any atom is -0.378 e. The van der Waals surface area contributed by atoms with Gasteiger partial charge in [-0.1, -0.05) is 18.2 Å². The molecule has 3 amide bonds. The molecule has 1 aliphatic heterocycles. The number of nitrogens with zero attached hydrogens (tertiary/aromatic N) is 3. The van der Waals surface area contributed by atoms with Crippen molar-refractivity contribution in [2.75, 3.05) is 38.2 Å². The summed E-state index contributed by atoms with van der Waals surface area (Å²) in [6, 6.07) is 11.5. The van der Waals surface area contributed by atoms with Crippen LogP contribution < -0.4 is 16.2 Å². The first kappa shape index (κ1) is 21.2. The van der Waals surface area contributed by atoms with Crippen molar-refractivity contribution in [3.63, 3.8) is 0 Å². The number of nitrogens with one attached hydrogen (secondary N) is 2. The topological polar surface area (TPSA) is 122 Å². The quantitative estimate of drug-likeness (QED) is 0.603. The molecule has 32 heavy (non-hydrogen) atoms. The van der Waals surface area contributed by atoms with Gasteiger partial charge in [0.2, 0.25) is 5.91 Å². The molecule has 4 rings (SSSR count). The zero-order valence-corrected chi connectivity index (χ0v) is 17.1. The standard InChI is InChI=1S/C22H21N5O5/c28-18(26-9-11-32-12-10-26)14-24-21(30)16-7-4-8-27-19(16)23-13-17(22(27)31)25-20(29)15-5-2-1-3-6-15/h1-8,13H,9-12,14H2,(H,24,30)(H,25,29). The van der Waals surface area contributed by atoms with E-state index in [1.165, 1.54) is 28.9 Å². The maximum Gasteiger partial charge on any atom is 0.281 e. The van der Waals surface area contributed by atoms with Crippen LogP contribution >= 0.6 is 0 Å². The minimum atomic E-state index is -0.530. The van der Waals surface area contributed by atoms with Crippen LogP contribution in [0.25, 0.3) is 5.65 Å². The number of ether oxygens (including phenoxy) is 1. The summed E-state index contributed by atoms with van der Waals surface area (Å²) < 4.78 is 6.39. The molecule has 1 saturated heterocycles. The maximum absolute atomic E-state index is 12.8. The van der Waals surface area contributed by atoms with E-state index in [1.54, 1.807) is 35.2 Å². The van der Waals surface area contributed by atoms with E-state index in [2.05, 4.69) is 15.6 Å². The van der Waals surface area contributed by atoms with Gasteiger partial charge in [-0.05, 0) is 24.3 Å². The Labute approximate surface area is 182 Å². The van der Waals surface area contributed by atoms with Gasteiger partial charge in [0.15, 0.2) is 5.65 Å². The lowest BCUT2D eigenvalue weighted by Crippen LogP contribution is -2.45. The molecule has 3 heterocycles. The molecule has 2 N–H and O–H groups in total. The average Bonchev–Trinajstić information content (AvgIpc) is 2.84. The van der Waals surface area contributed by atoms with Gasteiger partial charge in [-0.15, -0.1) is 0 Å². The Morgan fingerprint density at radius 3 is 2.50 bits per heavy atom. The summed E-state index contributed by atoms with van der Waals surface area (Å²) in [6.07, 6.45) is 2.67. The number of benzene rings is 1. The van der Waals surface area contributed by atoms with Crippen LogP contribution in [0.4, 0.5) is 5.69 Å². The number of hydrogen-bond acceptors (Lipinski definition) is 6. The van der Waals surface area contributed by atoms with Gasteiger partial charge >= 0.3 is 0 Å². The predicted molar refractivity (Wildman–Crippen MR) is 116 cm³/mol. The SMILES string of the molecule is O=C(Nc1cnc2c(C(=O)NCC(=O)N3CCOCC3)cccn2c1=O)c1ccccc1. The lowest BCUT2D eigenvalue weighted by molar-refractivity contribution is -0.134. The number of rotatable bonds is 5. The van der Waals surface area contributed by atoms with E-state index in [0.29, 0.717) is 31.9 Å². The number of fused-ring (bicyclic) bond motifs is 1. The monoisotopic (exact) mass is 435 g/mol. The van der Waals surface area contributed by atoms with Crippen LogP contribution in [0.5, 0.6) is 0 Å². The first-order chi connectivity index (χ1) is 15.5. The van der Waals surface area contributed by atoms with Crippen molar-refractivity contribution in [3.8, 4) is 0 Å². The Morgan fingerprint density at radius 1 is 1.00 bits per heavy atom. The van der Waals surface area contributed by atoms with Crippen molar-refractivity contribution < 1.29 is 19.1 Å². The van der Waals surface area contributed by atoms with Gasteiger partial charge in [-0.3, -0.25) is 23.6 Å². The highest BCUT2D eigenvalue weighted by Crippen LogP contribution is 2.10. The smallest absolute Gasteiger partial charge is 0.281 e. The predicted octanol–water partition coefficient (Wildman–Crippen LogP) is 0.535. The highest BCUT2D eigenvalue weighted by Gasteiger charge is 2.19. The Morgan fingerprint density at radius 2 is 1.75 bits per heavy atom. The van der Waals surface area contributed by atoms with E-state index in [1.807, 2.05) is 0 Å². The second-order valence-electron chi connectivity index (χ2n) is 7.09. The summed E-state index contributed by atoms with van der Waals surface area (Å²) in [6.45, 7) is 1.74. The van der Waals surface area contributed by atoms with Crippen LogP contribution in [-0.4, -0.2) is 64.9 Å². The third kappa shape index (κ3) is 4.49. The fourth-order valence-electron chi connectivity index (χ4n) is 3.33. The van der Waals surface area contributed by atoms with E-state index < -0.39 is 17.4 Å². The van der Waals surface area contributed by atoms with Crippen molar-refractivity contribution in [2.24, 2.45) is 0 Å². The third-order valence-electron chi connectivity index (χ3n) is 5.03. The summed E-state index contributed by atoms with van der Waals surface area (Å²) in [5.41, 5.74) is 0.108. The van der Waals surface area contributed by atoms with Crippen LogP contribution in [0, 0.1) is 0 Å². The Hall–Kier alpha value is -4.05. The van der Waals surface area contributed by atoms with Crippen LogP contribution in [0.15, 0.2) is 59.7 Å². The number of amides is 3. The first-order valence-corrected chi connectivity index (χ1v) is 10.0.